The summed E-state index contributed by atoms with van der Waals surface area (Å²) in [4.78, 5) is 37.4. The Kier molecular flexibility index (Phi) is 4.24. The van der Waals surface area contributed by atoms with E-state index < -0.39 is 23.4 Å². The first-order valence-electron chi connectivity index (χ1n) is 7.49. The number of para-hydroxylation sites is 2. The quantitative estimate of drug-likeness (QED) is 0.654. The number of fused-ring (bicyclic) bond motifs is 1. The van der Waals surface area contributed by atoms with E-state index in [0.717, 1.165) is 0 Å². The van der Waals surface area contributed by atoms with E-state index in [4.69, 9.17) is 9.47 Å². The van der Waals surface area contributed by atoms with E-state index in [2.05, 4.69) is 10.6 Å². The van der Waals surface area contributed by atoms with E-state index in [-0.39, 0.29) is 11.3 Å². The molecule has 0 aromatic heterocycles. The van der Waals surface area contributed by atoms with Crippen LogP contribution < -0.4 is 10.6 Å². The van der Waals surface area contributed by atoms with Crippen LogP contribution in [-0.4, -0.2) is 37.6 Å². The summed E-state index contributed by atoms with van der Waals surface area (Å²) in [6, 6.07) is 13.1. The summed E-state index contributed by atoms with van der Waals surface area (Å²) in [6.07, 6.45) is 0. The zero-order valence-corrected chi connectivity index (χ0v) is 13.7. The molecule has 7 nitrogen and oxygen atoms in total. The van der Waals surface area contributed by atoms with Crippen LogP contribution in [0.25, 0.3) is 0 Å². The molecule has 1 amide bonds. The molecule has 1 atom stereocenters. The maximum absolute atomic E-state index is 12.8. The number of nitrogens with one attached hydrogen (secondary N) is 2. The average molecular weight is 340 g/mol. The second-order valence-corrected chi connectivity index (χ2v) is 5.38. The molecule has 0 radical (unpaired) electrons. The number of rotatable bonds is 4. The minimum absolute atomic E-state index is 0.174. The van der Waals surface area contributed by atoms with Gasteiger partial charge in [0.1, 0.15) is 0 Å². The molecule has 1 aliphatic heterocycles. The Hall–Kier alpha value is -3.19. The highest BCUT2D eigenvalue weighted by Crippen LogP contribution is 2.34. The van der Waals surface area contributed by atoms with Crippen LogP contribution >= 0.6 is 0 Å². The van der Waals surface area contributed by atoms with Crippen LogP contribution in [0.2, 0.25) is 0 Å². The molecule has 25 heavy (non-hydrogen) atoms. The number of methoxy groups -OCH3 is 2. The zero-order valence-electron chi connectivity index (χ0n) is 13.7. The van der Waals surface area contributed by atoms with E-state index in [1.165, 1.54) is 20.3 Å². The van der Waals surface area contributed by atoms with Crippen molar-refractivity contribution in [2.24, 2.45) is 0 Å². The molecule has 0 saturated heterocycles. The number of carbonyl (C=O) groups excluding carboxylic acids is 3. The fourth-order valence-corrected chi connectivity index (χ4v) is 2.71. The van der Waals surface area contributed by atoms with Crippen molar-refractivity contribution in [3.8, 4) is 0 Å². The van der Waals surface area contributed by atoms with Crippen LogP contribution in [0, 0.1) is 0 Å². The molecule has 0 bridgehead atoms. The third-order valence-corrected chi connectivity index (χ3v) is 4.01. The molecule has 0 spiro atoms. The lowest BCUT2D eigenvalue weighted by atomic mass is 10.0. The van der Waals surface area contributed by atoms with E-state index >= 15 is 0 Å². The lowest BCUT2D eigenvalue weighted by Gasteiger charge is -2.25. The zero-order chi connectivity index (χ0) is 18.0. The summed E-state index contributed by atoms with van der Waals surface area (Å²) in [5.74, 6) is -1.83. The number of anilines is 2. The number of carbonyl (C=O) groups is 3. The van der Waals surface area contributed by atoms with Gasteiger partial charge in [-0.05, 0) is 24.3 Å². The van der Waals surface area contributed by atoms with Crippen LogP contribution in [0.3, 0.4) is 0 Å². The number of ketones is 1. The molecule has 0 saturated carbocycles. The van der Waals surface area contributed by atoms with E-state index in [1.54, 1.807) is 42.5 Å². The highest BCUT2D eigenvalue weighted by molar-refractivity contribution is 6.27. The van der Waals surface area contributed by atoms with Gasteiger partial charge in [0.25, 0.3) is 11.6 Å². The van der Waals surface area contributed by atoms with Gasteiger partial charge in [-0.25, -0.2) is 4.79 Å². The largest absolute Gasteiger partial charge is 0.465 e. The number of Topliss-reactive ketones (excluding diaryl/α,β-unsaturated/α-hetero) is 1. The van der Waals surface area contributed by atoms with Gasteiger partial charge >= 0.3 is 5.97 Å². The molecule has 0 unspecified atom stereocenters. The van der Waals surface area contributed by atoms with Gasteiger partial charge in [-0.2, -0.15) is 0 Å². The van der Waals surface area contributed by atoms with Gasteiger partial charge in [-0.15, -0.1) is 0 Å². The topological polar surface area (TPSA) is 93.7 Å². The Balaban J connectivity index is 1.94. The molecule has 2 aromatic rings. The lowest BCUT2D eigenvalue weighted by Crippen LogP contribution is -2.54. The Morgan fingerprint density at radius 2 is 1.72 bits per heavy atom. The number of ether oxygens (including phenoxy) is 2. The van der Waals surface area contributed by atoms with Crippen LogP contribution in [0.4, 0.5) is 11.4 Å². The maximum atomic E-state index is 12.8. The molecule has 7 heteroatoms. The van der Waals surface area contributed by atoms with Crippen LogP contribution in [0.5, 0.6) is 0 Å². The summed E-state index contributed by atoms with van der Waals surface area (Å²) in [6.45, 7) is 0. The van der Waals surface area contributed by atoms with Crippen molar-refractivity contribution in [2.45, 2.75) is 5.72 Å². The van der Waals surface area contributed by atoms with E-state index in [1.807, 2.05) is 0 Å². The molecular weight excluding hydrogens is 324 g/mol. The van der Waals surface area contributed by atoms with Gasteiger partial charge in [-0.1, -0.05) is 24.3 Å². The van der Waals surface area contributed by atoms with Gasteiger partial charge in [0.05, 0.1) is 18.4 Å². The number of hydrogen-bond acceptors (Lipinski definition) is 6. The third kappa shape index (κ3) is 2.64. The van der Waals surface area contributed by atoms with Crippen LogP contribution in [0.15, 0.2) is 48.5 Å². The van der Waals surface area contributed by atoms with Crippen molar-refractivity contribution < 1.29 is 23.9 Å². The predicted octanol–water partition coefficient (Wildman–Crippen LogP) is 2.06. The maximum Gasteiger partial charge on any atom is 0.339 e. The summed E-state index contributed by atoms with van der Waals surface area (Å²) in [5, 5.41) is 5.41. The minimum atomic E-state index is -1.90. The fourth-order valence-electron chi connectivity index (χ4n) is 2.71. The van der Waals surface area contributed by atoms with Crippen molar-refractivity contribution in [1.29, 1.82) is 0 Å². The smallest absolute Gasteiger partial charge is 0.339 e. The van der Waals surface area contributed by atoms with Gasteiger partial charge in [0.15, 0.2) is 0 Å². The second kappa shape index (κ2) is 6.37. The van der Waals surface area contributed by atoms with Crippen molar-refractivity contribution in [3.05, 3.63) is 59.7 Å². The van der Waals surface area contributed by atoms with Crippen molar-refractivity contribution >= 4 is 29.0 Å². The molecule has 1 heterocycles. The van der Waals surface area contributed by atoms with Gasteiger partial charge < -0.3 is 20.1 Å². The summed E-state index contributed by atoms with van der Waals surface area (Å²) >= 11 is 0. The van der Waals surface area contributed by atoms with Gasteiger partial charge in [-0.3, -0.25) is 9.59 Å². The Morgan fingerprint density at radius 3 is 2.40 bits per heavy atom. The summed E-state index contributed by atoms with van der Waals surface area (Å²) < 4.78 is 9.97. The van der Waals surface area contributed by atoms with E-state index in [9.17, 15) is 14.4 Å². The first kappa shape index (κ1) is 16.7. The van der Waals surface area contributed by atoms with Crippen molar-refractivity contribution in [2.75, 3.05) is 24.9 Å². The standard InChI is InChI=1S/C18H16N2O5/c1-24-16(22)12-8-4-5-9-13(12)19-17(23)18(25-2)15(21)11-7-3-6-10-14(11)20-18/h3-10,20H,1-2H3,(H,19,23)/t18-/m0/s1. The number of esters is 1. The minimum Gasteiger partial charge on any atom is -0.465 e. The molecule has 2 aromatic carbocycles. The van der Waals surface area contributed by atoms with Crippen LogP contribution in [-0.2, 0) is 14.3 Å². The molecule has 0 fully saturated rings. The molecule has 3 rings (SSSR count). The van der Waals surface area contributed by atoms with Crippen LogP contribution in [0.1, 0.15) is 20.7 Å². The van der Waals surface area contributed by atoms with Crippen molar-refractivity contribution in [1.82, 2.24) is 0 Å². The Bertz CT molecular complexity index is 864. The first-order valence-corrected chi connectivity index (χ1v) is 7.49. The predicted molar refractivity (Wildman–Crippen MR) is 90.5 cm³/mol. The highest BCUT2D eigenvalue weighted by atomic mass is 16.5. The third-order valence-electron chi connectivity index (χ3n) is 4.01. The lowest BCUT2D eigenvalue weighted by molar-refractivity contribution is -0.129. The molecule has 0 aliphatic carbocycles. The first-order chi connectivity index (χ1) is 12.0. The molecule has 1 aliphatic rings. The van der Waals surface area contributed by atoms with Gasteiger partial charge in [0.2, 0.25) is 5.78 Å². The Labute approximate surface area is 143 Å². The SMILES string of the molecule is COC(=O)c1ccccc1NC(=O)[C@]1(OC)Nc2ccccc2C1=O. The monoisotopic (exact) mass is 340 g/mol. The molecule has 2 N–H and O–H groups in total. The van der Waals surface area contributed by atoms with Gasteiger partial charge in [0, 0.05) is 18.4 Å². The number of hydrogen-bond donors (Lipinski definition) is 2. The second-order valence-electron chi connectivity index (χ2n) is 5.38. The van der Waals surface area contributed by atoms with E-state index in [0.29, 0.717) is 11.3 Å². The summed E-state index contributed by atoms with van der Waals surface area (Å²) in [7, 11) is 2.51. The number of amides is 1. The highest BCUT2D eigenvalue weighted by Gasteiger charge is 2.52. The summed E-state index contributed by atoms with van der Waals surface area (Å²) in [5.41, 5.74) is -0.632. The fraction of sp³-hybridized carbons (Fsp3) is 0.167. The number of benzene rings is 2. The molecular formula is C18H16N2O5. The average Bonchev–Trinajstić information content (AvgIpc) is 2.95. The normalized spacial score (nSPS) is 18.2. The molecule has 128 valence electrons. The Morgan fingerprint density at radius 1 is 1.04 bits per heavy atom. The van der Waals surface area contributed by atoms with Crippen molar-refractivity contribution in [3.63, 3.8) is 0 Å².